The number of benzene rings is 3. The fourth-order valence-corrected chi connectivity index (χ4v) is 4.96. The standard InChI is InChI=1S/C28H31N3O/c1-20(26-12-5-8-22-7-2-3-11-27(22)26)31-25-10-4-9-24(19-25)21-13-15-23(16-14-21)28(32)30-18-6-17-29/h2-3,5,7-8,11-16,20,24-25,31H,4,6,9-10,18-19H2,1H3,(H,30,32)/t20-,24?,25?/m1/s1. The van der Waals surface area contributed by atoms with Crippen LogP contribution >= 0.6 is 0 Å². The number of hydrogen-bond donors (Lipinski definition) is 2. The second kappa shape index (κ2) is 10.4. The van der Waals surface area contributed by atoms with Gasteiger partial charge in [-0.25, -0.2) is 0 Å². The topological polar surface area (TPSA) is 64.9 Å². The van der Waals surface area contributed by atoms with Gasteiger partial charge in [0.25, 0.3) is 5.91 Å². The van der Waals surface area contributed by atoms with Gasteiger partial charge in [0.05, 0.1) is 12.5 Å². The minimum absolute atomic E-state index is 0.112. The summed E-state index contributed by atoms with van der Waals surface area (Å²) in [6.45, 7) is 2.66. The van der Waals surface area contributed by atoms with E-state index in [0.29, 0.717) is 36.5 Å². The largest absolute Gasteiger partial charge is 0.351 e. The molecule has 4 rings (SSSR count). The van der Waals surface area contributed by atoms with E-state index >= 15 is 0 Å². The van der Waals surface area contributed by atoms with Crippen LogP contribution in [-0.2, 0) is 0 Å². The zero-order valence-electron chi connectivity index (χ0n) is 18.7. The summed E-state index contributed by atoms with van der Waals surface area (Å²) in [4.78, 5) is 12.2. The molecule has 0 radical (unpaired) electrons. The smallest absolute Gasteiger partial charge is 0.251 e. The van der Waals surface area contributed by atoms with Crippen molar-refractivity contribution in [2.75, 3.05) is 6.54 Å². The number of carbonyl (C=O) groups excluding carboxylic acids is 1. The molecule has 0 saturated heterocycles. The van der Waals surface area contributed by atoms with E-state index in [2.05, 4.69) is 72.2 Å². The van der Waals surface area contributed by atoms with Crippen molar-refractivity contribution >= 4 is 16.7 Å². The van der Waals surface area contributed by atoms with Gasteiger partial charge in [-0.3, -0.25) is 4.79 Å². The zero-order valence-corrected chi connectivity index (χ0v) is 18.7. The van der Waals surface area contributed by atoms with Gasteiger partial charge in [0, 0.05) is 24.2 Å². The van der Waals surface area contributed by atoms with E-state index in [0.717, 1.165) is 6.42 Å². The third-order valence-electron chi connectivity index (χ3n) is 6.62. The van der Waals surface area contributed by atoms with E-state index in [4.69, 9.17) is 5.26 Å². The predicted molar refractivity (Wildman–Crippen MR) is 130 cm³/mol. The maximum Gasteiger partial charge on any atom is 0.251 e. The molecule has 0 spiro atoms. The van der Waals surface area contributed by atoms with Crippen molar-refractivity contribution in [1.82, 2.24) is 10.6 Å². The van der Waals surface area contributed by atoms with Gasteiger partial charge in [-0.15, -0.1) is 0 Å². The molecule has 0 aromatic heterocycles. The molecular formula is C28H31N3O. The van der Waals surface area contributed by atoms with E-state index in [9.17, 15) is 4.79 Å². The molecule has 32 heavy (non-hydrogen) atoms. The first kappa shape index (κ1) is 22.0. The molecule has 2 unspecified atom stereocenters. The molecule has 164 valence electrons. The SMILES string of the molecule is C[C@@H](NC1CCCC(c2ccc(C(=O)NCCC#N)cc2)C1)c1cccc2ccccc12. The summed E-state index contributed by atoms with van der Waals surface area (Å²) in [6, 6.07) is 26.0. The van der Waals surface area contributed by atoms with E-state index in [1.165, 1.54) is 41.2 Å². The Morgan fingerprint density at radius 2 is 1.84 bits per heavy atom. The maximum atomic E-state index is 12.2. The van der Waals surface area contributed by atoms with E-state index < -0.39 is 0 Å². The van der Waals surface area contributed by atoms with Gasteiger partial charge < -0.3 is 10.6 Å². The van der Waals surface area contributed by atoms with Crippen molar-refractivity contribution in [2.24, 2.45) is 0 Å². The number of nitriles is 1. The van der Waals surface area contributed by atoms with Gasteiger partial charge in [-0.1, -0.05) is 61.0 Å². The Bertz CT molecular complexity index is 1090. The van der Waals surface area contributed by atoms with E-state index in [1.807, 2.05) is 18.2 Å². The molecule has 3 atom stereocenters. The lowest BCUT2D eigenvalue weighted by Crippen LogP contribution is -2.35. The van der Waals surface area contributed by atoms with Gasteiger partial charge in [0.2, 0.25) is 0 Å². The second-order valence-electron chi connectivity index (χ2n) is 8.80. The van der Waals surface area contributed by atoms with Gasteiger partial charge in [-0.2, -0.15) is 5.26 Å². The molecule has 4 nitrogen and oxygen atoms in total. The Morgan fingerprint density at radius 3 is 2.66 bits per heavy atom. The van der Waals surface area contributed by atoms with Crippen molar-refractivity contribution < 1.29 is 4.79 Å². The third-order valence-corrected chi connectivity index (χ3v) is 6.62. The molecule has 2 N–H and O–H groups in total. The molecule has 1 fully saturated rings. The van der Waals surface area contributed by atoms with E-state index in [1.54, 1.807) is 0 Å². The highest BCUT2D eigenvalue weighted by atomic mass is 16.1. The quantitative estimate of drug-likeness (QED) is 0.466. The summed E-state index contributed by atoms with van der Waals surface area (Å²) < 4.78 is 0. The van der Waals surface area contributed by atoms with E-state index in [-0.39, 0.29) is 5.91 Å². The molecule has 0 aliphatic heterocycles. The van der Waals surface area contributed by atoms with Crippen LogP contribution in [0.15, 0.2) is 66.7 Å². The summed E-state index contributed by atoms with van der Waals surface area (Å²) in [5.74, 6) is 0.399. The normalized spacial score (nSPS) is 19.2. The monoisotopic (exact) mass is 425 g/mol. The first-order valence-corrected chi connectivity index (χ1v) is 11.6. The number of rotatable bonds is 7. The highest BCUT2D eigenvalue weighted by Crippen LogP contribution is 2.34. The van der Waals surface area contributed by atoms with Crippen LogP contribution in [-0.4, -0.2) is 18.5 Å². The Balaban J connectivity index is 1.39. The molecule has 0 heterocycles. The van der Waals surface area contributed by atoms with Gasteiger partial charge in [0.1, 0.15) is 0 Å². The predicted octanol–water partition coefficient (Wildman–Crippen LogP) is 5.86. The van der Waals surface area contributed by atoms with Crippen LogP contribution in [0.1, 0.15) is 72.5 Å². The highest BCUT2D eigenvalue weighted by molar-refractivity contribution is 5.94. The van der Waals surface area contributed by atoms with Gasteiger partial charge in [-0.05, 0) is 66.1 Å². The number of nitrogens with one attached hydrogen (secondary N) is 2. The van der Waals surface area contributed by atoms with Crippen LogP contribution in [0.5, 0.6) is 0 Å². The molecule has 0 bridgehead atoms. The molecule has 1 saturated carbocycles. The molecule has 1 aliphatic rings. The van der Waals surface area contributed by atoms with Crippen LogP contribution in [0, 0.1) is 11.3 Å². The lowest BCUT2D eigenvalue weighted by atomic mass is 9.80. The highest BCUT2D eigenvalue weighted by Gasteiger charge is 2.25. The maximum absolute atomic E-state index is 12.2. The summed E-state index contributed by atoms with van der Waals surface area (Å²) in [6.07, 6.45) is 5.04. The molecule has 4 heteroatoms. The minimum Gasteiger partial charge on any atom is -0.351 e. The fraction of sp³-hybridized carbons (Fsp3) is 0.357. The number of nitrogens with zero attached hydrogens (tertiary/aromatic N) is 1. The van der Waals surface area contributed by atoms with Crippen LogP contribution in [0.3, 0.4) is 0 Å². The van der Waals surface area contributed by atoms with Crippen molar-refractivity contribution in [3.8, 4) is 6.07 Å². The fourth-order valence-electron chi connectivity index (χ4n) is 4.96. The molecule has 1 aliphatic carbocycles. The first-order chi connectivity index (χ1) is 15.7. The summed E-state index contributed by atoms with van der Waals surface area (Å²) in [7, 11) is 0. The van der Waals surface area contributed by atoms with Crippen molar-refractivity contribution in [1.29, 1.82) is 5.26 Å². The summed E-state index contributed by atoms with van der Waals surface area (Å²) in [5, 5.41) is 17.9. The average molecular weight is 426 g/mol. The van der Waals surface area contributed by atoms with Crippen LogP contribution in [0.25, 0.3) is 10.8 Å². The first-order valence-electron chi connectivity index (χ1n) is 11.6. The number of amides is 1. The van der Waals surface area contributed by atoms with Crippen LogP contribution in [0.2, 0.25) is 0 Å². The molecule has 3 aromatic rings. The number of fused-ring (bicyclic) bond motifs is 1. The third kappa shape index (κ3) is 5.18. The zero-order chi connectivity index (χ0) is 22.3. The number of hydrogen-bond acceptors (Lipinski definition) is 3. The van der Waals surface area contributed by atoms with Crippen LogP contribution in [0.4, 0.5) is 0 Å². The average Bonchev–Trinajstić information content (AvgIpc) is 2.84. The van der Waals surface area contributed by atoms with Crippen molar-refractivity contribution in [2.45, 2.75) is 57.0 Å². The Labute approximate surface area is 190 Å². The Hall–Kier alpha value is -3.16. The lowest BCUT2D eigenvalue weighted by molar-refractivity contribution is 0.0954. The molecule has 1 amide bonds. The van der Waals surface area contributed by atoms with Crippen LogP contribution < -0.4 is 10.6 Å². The molecule has 3 aromatic carbocycles. The minimum atomic E-state index is -0.112. The van der Waals surface area contributed by atoms with Gasteiger partial charge in [0.15, 0.2) is 0 Å². The van der Waals surface area contributed by atoms with Gasteiger partial charge >= 0.3 is 0 Å². The lowest BCUT2D eigenvalue weighted by Gasteiger charge is -2.32. The summed E-state index contributed by atoms with van der Waals surface area (Å²) >= 11 is 0. The Morgan fingerprint density at radius 1 is 1.06 bits per heavy atom. The number of carbonyl (C=O) groups is 1. The Kier molecular flexibility index (Phi) is 7.19. The van der Waals surface area contributed by atoms with Crippen molar-refractivity contribution in [3.05, 3.63) is 83.4 Å². The van der Waals surface area contributed by atoms with Crippen molar-refractivity contribution in [3.63, 3.8) is 0 Å². The summed E-state index contributed by atoms with van der Waals surface area (Å²) in [5.41, 5.74) is 3.32. The molecular weight excluding hydrogens is 394 g/mol. The second-order valence-corrected chi connectivity index (χ2v) is 8.80.